The largest absolute Gasteiger partial charge is 0.506 e. The van der Waals surface area contributed by atoms with Gasteiger partial charge in [-0.3, -0.25) is 0 Å². The molecule has 2 unspecified atom stereocenters. The van der Waals surface area contributed by atoms with Crippen molar-refractivity contribution >= 4 is 33.5 Å². The van der Waals surface area contributed by atoms with E-state index in [4.69, 9.17) is 0 Å². The second kappa shape index (κ2) is 12.5. The molecule has 0 spiro atoms. The Labute approximate surface area is 224 Å². The van der Waals surface area contributed by atoms with E-state index < -0.39 is 0 Å². The van der Waals surface area contributed by atoms with Gasteiger partial charge in [-0.25, -0.2) is 0 Å². The molecule has 2 N–H and O–H groups in total. The average Bonchev–Trinajstić information content (AvgIpc) is 2.93. The predicted octanol–water partition coefficient (Wildman–Crippen LogP) is 10.3. The molecule has 0 fully saturated rings. The highest BCUT2D eigenvalue weighted by molar-refractivity contribution is 6.03. The van der Waals surface area contributed by atoms with E-state index in [1.807, 2.05) is 24.3 Å². The number of azo groups is 2. The first-order valence-corrected chi connectivity index (χ1v) is 13.4. The first kappa shape index (κ1) is 27.0. The minimum absolute atomic E-state index is 0.000107. The van der Waals surface area contributed by atoms with Crippen molar-refractivity contribution in [1.82, 2.24) is 0 Å². The lowest BCUT2D eigenvalue weighted by Gasteiger charge is -2.09. The molecular formula is C32H36N4O2. The van der Waals surface area contributed by atoms with Crippen LogP contribution in [0.5, 0.6) is 11.5 Å². The predicted molar refractivity (Wildman–Crippen MR) is 155 cm³/mol. The maximum absolute atomic E-state index is 10.6. The van der Waals surface area contributed by atoms with Crippen LogP contribution in [-0.4, -0.2) is 10.2 Å². The second-order valence-corrected chi connectivity index (χ2v) is 10.1. The number of rotatable bonds is 10. The summed E-state index contributed by atoms with van der Waals surface area (Å²) in [5.41, 5.74) is 4.56. The number of hydrogen-bond acceptors (Lipinski definition) is 6. The standard InChI is InChI=1S/C32H36N4O2/c1-5-21(3)19-23-7-11-25(12-8-23)33-35-31-27-15-18-30(38)32(28(27)16-17-29(31)37)36-34-26-13-9-24(10-14-26)20-22(4)6-2/h7-18,21-22,37-38H,5-6,19-20H2,1-4H3. The van der Waals surface area contributed by atoms with Gasteiger partial charge in [-0.1, -0.05) is 64.8 Å². The lowest BCUT2D eigenvalue weighted by Crippen LogP contribution is -1.96. The maximum atomic E-state index is 10.6. The number of nitrogens with zero attached hydrogens (tertiary/aromatic N) is 4. The molecule has 0 saturated carbocycles. The molecule has 0 aliphatic rings. The lowest BCUT2D eigenvalue weighted by molar-refractivity contribution is 0.475. The van der Waals surface area contributed by atoms with E-state index in [9.17, 15) is 10.2 Å². The normalized spacial score (nSPS) is 13.5. The third-order valence-corrected chi connectivity index (χ3v) is 7.07. The minimum atomic E-state index is 0.000107. The Bertz CT molecular complexity index is 1320. The summed E-state index contributed by atoms with van der Waals surface area (Å²) in [5, 5.41) is 39.8. The molecule has 0 aromatic heterocycles. The van der Waals surface area contributed by atoms with Gasteiger partial charge in [0.25, 0.3) is 0 Å². The molecule has 0 amide bonds. The van der Waals surface area contributed by atoms with Crippen molar-refractivity contribution in [2.24, 2.45) is 32.3 Å². The molecular weight excluding hydrogens is 472 g/mol. The van der Waals surface area contributed by atoms with Crippen molar-refractivity contribution in [1.29, 1.82) is 0 Å². The number of fused-ring (bicyclic) bond motifs is 1. The quantitative estimate of drug-likeness (QED) is 0.209. The zero-order valence-corrected chi connectivity index (χ0v) is 22.6. The molecule has 38 heavy (non-hydrogen) atoms. The number of phenolic OH excluding ortho intramolecular Hbond substituents is 2. The first-order chi connectivity index (χ1) is 18.4. The minimum Gasteiger partial charge on any atom is -0.506 e. The highest BCUT2D eigenvalue weighted by Crippen LogP contribution is 2.43. The van der Waals surface area contributed by atoms with Crippen LogP contribution in [0.2, 0.25) is 0 Å². The summed E-state index contributed by atoms with van der Waals surface area (Å²) in [5.74, 6) is 1.26. The molecule has 196 valence electrons. The molecule has 4 rings (SSSR count). The van der Waals surface area contributed by atoms with E-state index in [2.05, 4.69) is 72.4 Å². The van der Waals surface area contributed by atoms with Gasteiger partial charge < -0.3 is 10.2 Å². The zero-order valence-electron chi connectivity index (χ0n) is 22.6. The van der Waals surface area contributed by atoms with Crippen LogP contribution < -0.4 is 0 Å². The van der Waals surface area contributed by atoms with Crippen LogP contribution in [-0.2, 0) is 12.8 Å². The number of benzene rings is 4. The topological polar surface area (TPSA) is 89.9 Å². The van der Waals surface area contributed by atoms with Crippen LogP contribution in [0.1, 0.15) is 51.7 Å². The SMILES string of the molecule is CCC(C)Cc1ccc(N=Nc2c(O)ccc3c(N=Nc4ccc(CC(C)CC)cc4)c(O)ccc23)cc1. The molecule has 0 aliphatic heterocycles. The van der Waals surface area contributed by atoms with Gasteiger partial charge in [0.15, 0.2) is 0 Å². The van der Waals surface area contributed by atoms with Crippen molar-refractivity contribution in [3.05, 3.63) is 83.9 Å². The summed E-state index contributed by atoms with van der Waals surface area (Å²) in [6.07, 6.45) is 4.34. The lowest BCUT2D eigenvalue weighted by atomic mass is 9.99. The molecule has 2 atom stereocenters. The second-order valence-electron chi connectivity index (χ2n) is 10.1. The highest BCUT2D eigenvalue weighted by atomic mass is 16.3. The highest BCUT2D eigenvalue weighted by Gasteiger charge is 2.13. The molecule has 4 aromatic rings. The van der Waals surface area contributed by atoms with Crippen LogP contribution in [0.4, 0.5) is 22.7 Å². The summed E-state index contributed by atoms with van der Waals surface area (Å²) in [7, 11) is 0. The van der Waals surface area contributed by atoms with E-state index in [1.165, 1.54) is 23.3 Å². The molecule has 4 aromatic carbocycles. The smallest absolute Gasteiger partial charge is 0.143 e. The van der Waals surface area contributed by atoms with Gasteiger partial charge in [0.2, 0.25) is 0 Å². The Morgan fingerprint density at radius 2 is 0.895 bits per heavy atom. The summed E-state index contributed by atoms with van der Waals surface area (Å²) < 4.78 is 0. The van der Waals surface area contributed by atoms with Gasteiger partial charge in [-0.15, -0.1) is 10.2 Å². The Morgan fingerprint density at radius 1 is 0.526 bits per heavy atom. The molecule has 6 nitrogen and oxygen atoms in total. The van der Waals surface area contributed by atoms with E-state index in [1.54, 1.807) is 12.1 Å². The van der Waals surface area contributed by atoms with Crippen LogP contribution in [0.3, 0.4) is 0 Å². The molecule has 0 aliphatic carbocycles. The number of phenols is 2. The molecule has 6 heteroatoms. The molecule has 0 radical (unpaired) electrons. The fraction of sp³-hybridized carbons (Fsp3) is 0.312. The summed E-state index contributed by atoms with van der Waals surface area (Å²) >= 11 is 0. The summed E-state index contributed by atoms with van der Waals surface area (Å²) in [4.78, 5) is 0. The van der Waals surface area contributed by atoms with Gasteiger partial charge >= 0.3 is 0 Å². The third kappa shape index (κ3) is 6.62. The van der Waals surface area contributed by atoms with E-state index in [0.29, 0.717) is 45.4 Å². The first-order valence-electron chi connectivity index (χ1n) is 13.4. The van der Waals surface area contributed by atoms with Crippen molar-refractivity contribution in [3.8, 4) is 11.5 Å². The average molecular weight is 509 g/mol. The molecule has 0 saturated heterocycles. The van der Waals surface area contributed by atoms with Gasteiger partial charge in [-0.2, -0.15) is 10.2 Å². The van der Waals surface area contributed by atoms with Crippen LogP contribution in [0, 0.1) is 11.8 Å². The summed E-state index contributed by atoms with van der Waals surface area (Å²) in [6.45, 7) is 8.88. The van der Waals surface area contributed by atoms with Crippen molar-refractivity contribution in [2.75, 3.05) is 0 Å². The maximum Gasteiger partial charge on any atom is 0.143 e. The fourth-order valence-electron chi connectivity index (χ4n) is 4.27. The van der Waals surface area contributed by atoms with E-state index in [0.717, 1.165) is 25.7 Å². The van der Waals surface area contributed by atoms with Crippen molar-refractivity contribution in [2.45, 2.75) is 53.4 Å². The monoisotopic (exact) mass is 508 g/mol. The Balaban J connectivity index is 1.60. The molecule has 0 heterocycles. The van der Waals surface area contributed by atoms with Crippen LogP contribution in [0.15, 0.2) is 93.3 Å². The number of hydrogen-bond donors (Lipinski definition) is 2. The van der Waals surface area contributed by atoms with Crippen LogP contribution in [0.25, 0.3) is 10.8 Å². The van der Waals surface area contributed by atoms with Crippen molar-refractivity contribution in [3.63, 3.8) is 0 Å². The van der Waals surface area contributed by atoms with Gasteiger partial charge in [0.1, 0.15) is 22.9 Å². The third-order valence-electron chi connectivity index (χ3n) is 7.07. The summed E-state index contributed by atoms with van der Waals surface area (Å²) in [6, 6.07) is 22.5. The Kier molecular flexibility index (Phi) is 8.85. The van der Waals surface area contributed by atoms with Crippen molar-refractivity contribution < 1.29 is 10.2 Å². The van der Waals surface area contributed by atoms with E-state index in [-0.39, 0.29) is 11.5 Å². The van der Waals surface area contributed by atoms with Gasteiger partial charge in [0, 0.05) is 10.8 Å². The van der Waals surface area contributed by atoms with Gasteiger partial charge in [-0.05, 0) is 84.3 Å². The zero-order chi connectivity index (χ0) is 27.1. The number of aromatic hydroxyl groups is 2. The fourth-order valence-corrected chi connectivity index (χ4v) is 4.27. The van der Waals surface area contributed by atoms with E-state index >= 15 is 0 Å². The Morgan fingerprint density at radius 3 is 1.24 bits per heavy atom. The molecule has 0 bridgehead atoms. The van der Waals surface area contributed by atoms with Crippen LogP contribution >= 0.6 is 0 Å². The Hall–Kier alpha value is -4.06. The van der Waals surface area contributed by atoms with Gasteiger partial charge in [0.05, 0.1) is 11.4 Å².